The summed E-state index contributed by atoms with van der Waals surface area (Å²) in [5.74, 6) is 0.843. The molecule has 35 heavy (non-hydrogen) atoms. The van der Waals surface area contributed by atoms with Crippen LogP contribution in [0.4, 0.5) is 5.69 Å². The molecule has 0 fully saturated rings. The summed E-state index contributed by atoms with van der Waals surface area (Å²) < 4.78 is 0. The average molecular weight is 487 g/mol. The maximum atomic E-state index is 13.5. The number of carbonyl (C=O) groups excluding carboxylic acids is 2. The fourth-order valence-electron chi connectivity index (χ4n) is 4.31. The molecule has 0 unspecified atom stereocenters. The van der Waals surface area contributed by atoms with E-state index in [4.69, 9.17) is 11.6 Å². The average Bonchev–Trinajstić information content (AvgIpc) is 3.62. The van der Waals surface area contributed by atoms with Crippen molar-refractivity contribution in [3.05, 3.63) is 83.0 Å². The van der Waals surface area contributed by atoms with Gasteiger partial charge in [-0.15, -0.1) is 0 Å². The van der Waals surface area contributed by atoms with E-state index in [0.29, 0.717) is 34.6 Å². The van der Waals surface area contributed by atoms with E-state index in [2.05, 4.69) is 35.5 Å². The number of benzene rings is 2. The first-order chi connectivity index (χ1) is 17.0. The Hall–Kier alpha value is -4.44. The van der Waals surface area contributed by atoms with E-state index in [1.165, 1.54) is 0 Å². The van der Waals surface area contributed by atoms with Gasteiger partial charge in [0.1, 0.15) is 17.6 Å². The summed E-state index contributed by atoms with van der Waals surface area (Å²) in [5.41, 5.74) is 2.88. The van der Waals surface area contributed by atoms with E-state index >= 15 is 0 Å². The number of nitrogens with zero attached hydrogens (tertiary/aromatic N) is 4. The molecule has 3 aromatic heterocycles. The Labute approximate surface area is 203 Å². The van der Waals surface area contributed by atoms with Gasteiger partial charge in [-0.1, -0.05) is 29.8 Å². The topological polar surface area (TPSA) is 135 Å². The van der Waals surface area contributed by atoms with Crippen LogP contribution in [0.2, 0.25) is 5.02 Å². The highest BCUT2D eigenvalue weighted by Crippen LogP contribution is 2.29. The van der Waals surface area contributed by atoms with Crippen LogP contribution in [0.15, 0.2) is 60.9 Å². The lowest BCUT2D eigenvalue weighted by Crippen LogP contribution is -2.52. The summed E-state index contributed by atoms with van der Waals surface area (Å²) >= 11 is 6.06. The van der Waals surface area contributed by atoms with E-state index in [-0.39, 0.29) is 18.4 Å². The van der Waals surface area contributed by atoms with Crippen molar-refractivity contribution >= 4 is 40.0 Å². The number of aromatic nitrogens is 6. The Balaban J connectivity index is 1.26. The van der Waals surface area contributed by atoms with Gasteiger partial charge in [-0.2, -0.15) is 5.10 Å². The molecule has 10 nitrogen and oxygen atoms in total. The minimum absolute atomic E-state index is 0.167. The summed E-state index contributed by atoms with van der Waals surface area (Å²) in [6.07, 6.45) is 3.69. The van der Waals surface area contributed by atoms with Gasteiger partial charge in [0.05, 0.1) is 6.54 Å². The number of amides is 2. The molecular formula is C24H19ClN8O2. The van der Waals surface area contributed by atoms with Crippen LogP contribution in [0.1, 0.15) is 21.9 Å². The Kier molecular flexibility index (Phi) is 5.07. The lowest BCUT2D eigenvalue weighted by Gasteiger charge is -2.33. The van der Waals surface area contributed by atoms with E-state index in [1.54, 1.807) is 35.5 Å². The van der Waals surface area contributed by atoms with E-state index in [1.807, 2.05) is 30.3 Å². The first-order valence-corrected chi connectivity index (χ1v) is 11.3. The van der Waals surface area contributed by atoms with E-state index in [0.717, 1.165) is 22.2 Å². The normalized spacial score (nSPS) is 15.4. The Morgan fingerprint density at radius 1 is 1.20 bits per heavy atom. The minimum Gasteiger partial charge on any atom is -0.351 e. The molecule has 0 radical (unpaired) electrons. The van der Waals surface area contributed by atoms with Crippen molar-refractivity contribution in [2.24, 2.45) is 0 Å². The lowest BCUT2D eigenvalue weighted by molar-refractivity contribution is -0.121. The zero-order valence-electron chi connectivity index (χ0n) is 18.2. The number of halogens is 1. The van der Waals surface area contributed by atoms with Crippen molar-refractivity contribution in [2.75, 3.05) is 4.90 Å². The molecule has 0 saturated heterocycles. The number of imidazole rings is 1. The number of rotatable bonds is 5. The maximum absolute atomic E-state index is 13.5. The Bertz CT molecular complexity index is 1550. The summed E-state index contributed by atoms with van der Waals surface area (Å²) in [6.45, 7) is 0.167. The van der Waals surface area contributed by atoms with Crippen LogP contribution in [0.3, 0.4) is 0 Å². The van der Waals surface area contributed by atoms with Crippen LogP contribution in [0, 0.1) is 0 Å². The predicted octanol–water partition coefficient (Wildman–Crippen LogP) is 3.22. The molecule has 1 atom stereocenters. The highest BCUT2D eigenvalue weighted by Gasteiger charge is 2.34. The summed E-state index contributed by atoms with van der Waals surface area (Å²) in [6, 6.07) is 14.0. The van der Waals surface area contributed by atoms with Crippen molar-refractivity contribution in [3.63, 3.8) is 0 Å². The standard InChI is InChI=1S/C24H19ClN8O2/c25-15-5-6-16-14(9-15)11-17(28-16)23(34)29-18-10-13-3-1-2-4-19(13)33(24(18)35)12-20-30-22(32-31-20)21-26-7-8-27-21/h1-9,11,18,28H,10,12H2,(H,26,27)(H,29,34)(H,30,31,32)/t18-/m1/s1. The Morgan fingerprint density at radius 2 is 2.09 bits per heavy atom. The van der Waals surface area contributed by atoms with E-state index in [9.17, 15) is 9.59 Å². The number of hydrogen-bond acceptors (Lipinski definition) is 5. The van der Waals surface area contributed by atoms with Gasteiger partial charge in [-0.25, -0.2) is 9.97 Å². The first kappa shape index (κ1) is 21.1. The van der Waals surface area contributed by atoms with Crippen LogP contribution < -0.4 is 10.2 Å². The molecular weight excluding hydrogens is 468 g/mol. The van der Waals surface area contributed by atoms with Gasteiger partial charge in [0.2, 0.25) is 11.7 Å². The zero-order valence-corrected chi connectivity index (χ0v) is 19.0. The molecule has 4 N–H and O–H groups in total. The summed E-state index contributed by atoms with van der Waals surface area (Å²) in [4.78, 5) is 42.8. The minimum atomic E-state index is -0.736. The number of H-pyrrole nitrogens is 3. The third-order valence-corrected chi connectivity index (χ3v) is 6.19. The number of nitrogens with one attached hydrogen (secondary N) is 4. The van der Waals surface area contributed by atoms with Crippen molar-refractivity contribution < 1.29 is 9.59 Å². The highest BCUT2D eigenvalue weighted by atomic mass is 35.5. The fraction of sp³-hybridized carbons (Fsp3) is 0.125. The number of anilines is 1. The molecule has 174 valence electrons. The molecule has 0 aliphatic carbocycles. The predicted molar refractivity (Wildman–Crippen MR) is 130 cm³/mol. The second kappa shape index (κ2) is 8.41. The van der Waals surface area contributed by atoms with Crippen molar-refractivity contribution in [3.8, 4) is 11.6 Å². The summed E-state index contributed by atoms with van der Waals surface area (Å²) in [5, 5.41) is 11.4. The molecule has 1 aliphatic rings. The molecule has 6 rings (SSSR count). The van der Waals surface area contributed by atoms with Gasteiger partial charge in [0.15, 0.2) is 5.82 Å². The highest BCUT2D eigenvalue weighted by molar-refractivity contribution is 6.31. The van der Waals surface area contributed by atoms with E-state index < -0.39 is 6.04 Å². The quantitative estimate of drug-likeness (QED) is 0.302. The van der Waals surface area contributed by atoms with Gasteiger partial charge >= 0.3 is 0 Å². The maximum Gasteiger partial charge on any atom is 0.268 e. The zero-order chi connectivity index (χ0) is 23.9. The van der Waals surface area contributed by atoms with Crippen LogP contribution in [0.5, 0.6) is 0 Å². The second-order valence-corrected chi connectivity index (χ2v) is 8.68. The monoisotopic (exact) mass is 486 g/mol. The lowest BCUT2D eigenvalue weighted by atomic mass is 9.97. The number of fused-ring (bicyclic) bond motifs is 2. The van der Waals surface area contributed by atoms with Crippen LogP contribution in [-0.4, -0.2) is 48.0 Å². The summed E-state index contributed by atoms with van der Waals surface area (Å²) in [7, 11) is 0. The molecule has 0 spiro atoms. The van der Waals surface area contributed by atoms with Crippen LogP contribution >= 0.6 is 11.6 Å². The molecule has 4 heterocycles. The fourth-order valence-corrected chi connectivity index (χ4v) is 4.49. The Morgan fingerprint density at radius 3 is 2.94 bits per heavy atom. The van der Waals surface area contributed by atoms with Crippen molar-refractivity contribution in [2.45, 2.75) is 19.0 Å². The van der Waals surface area contributed by atoms with Gasteiger partial charge in [-0.05, 0) is 35.9 Å². The number of carbonyl (C=O) groups is 2. The number of aromatic amines is 3. The van der Waals surface area contributed by atoms with Crippen molar-refractivity contribution in [1.82, 2.24) is 35.5 Å². The number of para-hydroxylation sites is 1. The molecule has 2 aromatic carbocycles. The molecule has 11 heteroatoms. The molecule has 5 aromatic rings. The SMILES string of the molecule is O=C(N[C@@H]1Cc2ccccc2N(Cc2nc(-c3ncc[nH]3)n[nH]2)C1=O)c1cc2cc(Cl)ccc2[nH]1. The third kappa shape index (κ3) is 3.93. The van der Waals surface area contributed by atoms with Crippen molar-refractivity contribution in [1.29, 1.82) is 0 Å². The largest absolute Gasteiger partial charge is 0.351 e. The molecule has 0 saturated carbocycles. The molecule has 2 amide bonds. The smallest absolute Gasteiger partial charge is 0.268 e. The third-order valence-electron chi connectivity index (χ3n) is 5.95. The van der Waals surface area contributed by atoms with Gasteiger partial charge < -0.3 is 20.2 Å². The van der Waals surface area contributed by atoms with Crippen LogP contribution in [-0.2, 0) is 17.8 Å². The molecule has 0 bridgehead atoms. The number of hydrogen-bond donors (Lipinski definition) is 4. The second-order valence-electron chi connectivity index (χ2n) is 8.24. The molecule has 1 aliphatic heterocycles. The van der Waals surface area contributed by atoms with Gasteiger partial charge in [0, 0.05) is 40.4 Å². The van der Waals surface area contributed by atoms with Gasteiger partial charge in [0.25, 0.3) is 5.91 Å². The first-order valence-electron chi connectivity index (χ1n) is 10.9. The van der Waals surface area contributed by atoms with Crippen LogP contribution in [0.25, 0.3) is 22.6 Å². The van der Waals surface area contributed by atoms with Gasteiger partial charge in [-0.3, -0.25) is 14.7 Å².